The zero-order valence-electron chi connectivity index (χ0n) is 13.8. The SMILES string of the molecule is NS(=O)(=O)c1ccc2c(c1)CCN2CC(=O)N[C@@H]1CCCCNC1=O. The van der Waals surface area contributed by atoms with Gasteiger partial charge in [0.2, 0.25) is 21.8 Å². The monoisotopic (exact) mass is 366 g/mol. The summed E-state index contributed by atoms with van der Waals surface area (Å²) in [6.07, 6.45) is 3.11. The van der Waals surface area contributed by atoms with Crippen LogP contribution in [0.1, 0.15) is 24.8 Å². The Hall–Kier alpha value is -2.13. The minimum Gasteiger partial charge on any atom is -0.362 e. The number of primary sulfonamides is 1. The van der Waals surface area contributed by atoms with Crippen molar-refractivity contribution in [2.24, 2.45) is 5.14 Å². The molecule has 0 spiro atoms. The van der Waals surface area contributed by atoms with E-state index in [1.54, 1.807) is 12.1 Å². The van der Waals surface area contributed by atoms with Crippen LogP contribution in [-0.4, -0.2) is 45.9 Å². The van der Waals surface area contributed by atoms with Crippen molar-refractivity contribution in [3.05, 3.63) is 23.8 Å². The van der Waals surface area contributed by atoms with Gasteiger partial charge in [-0.3, -0.25) is 9.59 Å². The van der Waals surface area contributed by atoms with Crippen molar-refractivity contribution in [1.82, 2.24) is 10.6 Å². The number of anilines is 1. The predicted octanol–water partition coefficient (Wildman–Crippen LogP) is -0.519. The van der Waals surface area contributed by atoms with Crippen molar-refractivity contribution in [2.45, 2.75) is 36.6 Å². The Kier molecular flexibility index (Phi) is 4.96. The largest absolute Gasteiger partial charge is 0.362 e. The second kappa shape index (κ2) is 7.01. The zero-order valence-corrected chi connectivity index (χ0v) is 14.6. The summed E-state index contributed by atoms with van der Waals surface area (Å²) < 4.78 is 22.9. The van der Waals surface area contributed by atoms with Gasteiger partial charge in [0.05, 0.1) is 11.4 Å². The number of amides is 2. The highest BCUT2D eigenvalue weighted by atomic mass is 32.2. The number of hydrogen-bond donors (Lipinski definition) is 3. The van der Waals surface area contributed by atoms with E-state index < -0.39 is 16.1 Å². The molecule has 136 valence electrons. The summed E-state index contributed by atoms with van der Waals surface area (Å²) in [5, 5.41) is 10.7. The number of carbonyl (C=O) groups is 2. The van der Waals surface area contributed by atoms with Crippen LogP contribution in [0.2, 0.25) is 0 Å². The number of sulfonamides is 1. The summed E-state index contributed by atoms with van der Waals surface area (Å²) in [5.41, 5.74) is 1.68. The van der Waals surface area contributed by atoms with Crippen LogP contribution in [0.15, 0.2) is 23.1 Å². The Morgan fingerprint density at radius 2 is 2.16 bits per heavy atom. The first kappa shape index (κ1) is 17.7. The Balaban J connectivity index is 1.65. The lowest BCUT2D eigenvalue weighted by Gasteiger charge is -2.21. The van der Waals surface area contributed by atoms with Gasteiger partial charge in [0.15, 0.2) is 0 Å². The van der Waals surface area contributed by atoms with Crippen molar-refractivity contribution >= 4 is 27.5 Å². The third-order valence-electron chi connectivity index (χ3n) is 4.58. The average Bonchev–Trinajstić information content (AvgIpc) is 2.83. The van der Waals surface area contributed by atoms with Gasteiger partial charge < -0.3 is 15.5 Å². The second-order valence-electron chi connectivity index (χ2n) is 6.41. The lowest BCUT2D eigenvalue weighted by atomic mass is 10.1. The molecule has 2 amide bonds. The van der Waals surface area contributed by atoms with Crippen LogP contribution in [0.4, 0.5) is 5.69 Å². The van der Waals surface area contributed by atoms with Crippen LogP contribution in [0.5, 0.6) is 0 Å². The number of hydrogen-bond acceptors (Lipinski definition) is 5. The number of rotatable bonds is 4. The van der Waals surface area contributed by atoms with Crippen molar-refractivity contribution in [1.29, 1.82) is 0 Å². The van der Waals surface area contributed by atoms with Crippen LogP contribution in [0.25, 0.3) is 0 Å². The molecule has 2 heterocycles. The first-order valence-electron chi connectivity index (χ1n) is 8.32. The third-order valence-corrected chi connectivity index (χ3v) is 5.49. The number of nitrogens with zero attached hydrogens (tertiary/aromatic N) is 1. The van der Waals surface area contributed by atoms with Gasteiger partial charge in [0.25, 0.3) is 0 Å². The molecule has 0 saturated carbocycles. The predicted molar refractivity (Wildman–Crippen MR) is 92.5 cm³/mol. The molecule has 8 nitrogen and oxygen atoms in total. The molecule has 1 atom stereocenters. The summed E-state index contributed by atoms with van der Waals surface area (Å²) in [6.45, 7) is 1.40. The van der Waals surface area contributed by atoms with E-state index in [9.17, 15) is 18.0 Å². The van der Waals surface area contributed by atoms with E-state index >= 15 is 0 Å². The summed E-state index contributed by atoms with van der Waals surface area (Å²) in [7, 11) is -3.74. The van der Waals surface area contributed by atoms with E-state index in [0.717, 1.165) is 24.1 Å². The second-order valence-corrected chi connectivity index (χ2v) is 7.98. The summed E-state index contributed by atoms with van der Waals surface area (Å²) in [5.74, 6) is -0.351. The van der Waals surface area contributed by atoms with E-state index in [2.05, 4.69) is 10.6 Å². The third kappa shape index (κ3) is 4.10. The number of fused-ring (bicyclic) bond motifs is 1. The molecule has 0 bridgehead atoms. The average molecular weight is 366 g/mol. The van der Waals surface area contributed by atoms with Crippen molar-refractivity contribution < 1.29 is 18.0 Å². The molecule has 0 unspecified atom stereocenters. The Morgan fingerprint density at radius 3 is 2.92 bits per heavy atom. The first-order valence-corrected chi connectivity index (χ1v) is 9.87. The molecule has 1 aromatic rings. The van der Waals surface area contributed by atoms with Crippen LogP contribution < -0.4 is 20.7 Å². The molecule has 0 radical (unpaired) electrons. The molecule has 2 aliphatic heterocycles. The molecule has 4 N–H and O–H groups in total. The zero-order chi connectivity index (χ0) is 18.0. The van der Waals surface area contributed by atoms with E-state index in [-0.39, 0.29) is 23.3 Å². The van der Waals surface area contributed by atoms with Crippen LogP contribution in [0.3, 0.4) is 0 Å². The molecule has 2 aliphatic rings. The number of nitrogens with one attached hydrogen (secondary N) is 2. The van der Waals surface area contributed by atoms with Gasteiger partial charge in [-0.1, -0.05) is 0 Å². The fraction of sp³-hybridized carbons (Fsp3) is 0.500. The van der Waals surface area contributed by atoms with Gasteiger partial charge in [-0.2, -0.15) is 0 Å². The molecule has 25 heavy (non-hydrogen) atoms. The molecule has 3 rings (SSSR count). The number of benzene rings is 1. The van der Waals surface area contributed by atoms with E-state index in [0.29, 0.717) is 25.9 Å². The van der Waals surface area contributed by atoms with Crippen LogP contribution in [-0.2, 0) is 26.0 Å². The smallest absolute Gasteiger partial charge is 0.242 e. The minimum absolute atomic E-state index is 0.0766. The molecule has 1 fully saturated rings. The van der Waals surface area contributed by atoms with Gasteiger partial charge >= 0.3 is 0 Å². The maximum atomic E-state index is 12.3. The standard InChI is InChI=1S/C16H22N4O4S/c17-25(23,24)12-4-5-14-11(9-12)6-8-20(14)10-15(21)19-13-3-1-2-7-18-16(13)22/h4-5,9,13H,1-3,6-8,10H2,(H,18,22)(H,19,21)(H2,17,23,24)/t13-/m1/s1. The molecular weight excluding hydrogens is 344 g/mol. The Morgan fingerprint density at radius 1 is 1.36 bits per heavy atom. The topological polar surface area (TPSA) is 122 Å². The fourth-order valence-corrected chi connectivity index (χ4v) is 3.84. The normalized spacial score (nSPS) is 20.6. The van der Waals surface area contributed by atoms with E-state index in [4.69, 9.17) is 5.14 Å². The minimum atomic E-state index is -3.74. The highest BCUT2D eigenvalue weighted by Gasteiger charge is 2.26. The van der Waals surface area contributed by atoms with Gasteiger partial charge in [-0.25, -0.2) is 13.6 Å². The van der Waals surface area contributed by atoms with Gasteiger partial charge in [-0.05, 0) is 49.4 Å². The van der Waals surface area contributed by atoms with Gasteiger partial charge in [0.1, 0.15) is 6.04 Å². The van der Waals surface area contributed by atoms with Gasteiger partial charge in [-0.15, -0.1) is 0 Å². The number of nitrogens with two attached hydrogens (primary N) is 1. The first-order chi connectivity index (χ1) is 11.8. The van der Waals surface area contributed by atoms with Crippen molar-refractivity contribution in [3.63, 3.8) is 0 Å². The molecular formula is C16H22N4O4S. The van der Waals surface area contributed by atoms with Crippen LogP contribution >= 0.6 is 0 Å². The van der Waals surface area contributed by atoms with Gasteiger partial charge in [0, 0.05) is 18.8 Å². The fourth-order valence-electron chi connectivity index (χ4n) is 3.28. The Bertz CT molecular complexity index is 793. The molecule has 1 saturated heterocycles. The molecule has 1 aromatic carbocycles. The Labute approximate surface area is 146 Å². The quantitative estimate of drug-likeness (QED) is 0.662. The van der Waals surface area contributed by atoms with E-state index in [1.165, 1.54) is 6.07 Å². The highest BCUT2D eigenvalue weighted by Crippen LogP contribution is 2.29. The van der Waals surface area contributed by atoms with Crippen molar-refractivity contribution in [3.8, 4) is 0 Å². The van der Waals surface area contributed by atoms with E-state index in [1.807, 2.05) is 4.90 Å². The molecule has 0 aromatic heterocycles. The maximum absolute atomic E-state index is 12.3. The van der Waals surface area contributed by atoms with Crippen LogP contribution in [0, 0.1) is 0 Å². The summed E-state index contributed by atoms with van der Waals surface area (Å²) >= 11 is 0. The number of carbonyl (C=O) groups excluding carboxylic acids is 2. The van der Waals surface area contributed by atoms with Crippen molar-refractivity contribution in [2.75, 3.05) is 24.5 Å². The maximum Gasteiger partial charge on any atom is 0.242 e. The summed E-state index contributed by atoms with van der Waals surface area (Å²) in [6, 6.07) is 4.19. The summed E-state index contributed by atoms with van der Waals surface area (Å²) in [4.78, 5) is 26.2. The lowest BCUT2D eigenvalue weighted by molar-refractivity contribution is -0.128. The molecule has 0 aliphatic carbocycles. The highest BCUT2D eigenvalue weighted by molar-refractivity contribution is 7.89. The molecule has 9 heteroatoms. The lowest BCUT2D eigenvalue weighted by Crippen LogP contribution is -2.48.